The number of carbonyl (C=O) groups excluding carboxylic acids is 2. The molecular formula is C23H29N3O4. The summed E-state index contributed by atoms with van der Waals surface area (Å²) in [6, 6.07) is 10.1. The van der Waals surface area contributed by atoms with Gasteiger partial charge in [0.25, 0.3) is 0 Å². The zero-order valence-corrected chi connectivity index (χ0v) is 17.1. The van der Waals surface area contributed by atoms with Gasteiger partial charge in [-0.1, -0.05) is 29.8 Å². The van der Waals surface area contributed by atoms with Gasteiger partial charge < -0.3 is 14.8 Å². The van der Waals surface area contributed by atoms with Crippen molar-refractivity contribution in [3.8, 4) is 5.75 Å². The summed E-state index contributed by atoms with van der Waals surface area (Å²) in [5.74, 6) is 0.451. The number of urea groups is 1. The summed E-state index contributed by atoms with van der Waals surface area (Å²) < 4.78 is 5.38. The van der Waals surface area contributed by atoms with Gasteiger partial charge in [-0.25, -0.2) is 4.79 Å². The molecule has 3 rings (SSSR count). The second-order valence-corrected chi connectivity index (χ2v) is 7.52. The number of allylic oxidation sites excluding steroid dienone is 1. The lowest BCUT2D eigenvalue weighted by Crippen LogP contribution is -2.44. The van der Waals surface area contributed by atoms with Crippen LogP contribution in [0.15, 0.2) is 58.7 Å². The fourth-order valence-electron chi connectivity index (χ4n) is 3.56. The lowest BCUT2D eigenvalue weighted by Gasteiger charge is -2.21. The van der Waals surface area contributed by atoms with Crippen molar-refractivity contribution >= 4 is 11.9 Å². The van der Waals surface area contributed by atoms with E-state index in [9.17, 15) is 14.7 Å². The fraction of sp³-hybridized carbons (Fsp3) is 0.391. The Labute approximate surface area is 176 Å². The Balaban J connectivity index is 1.49. The number of nitrogens with zero attached hydrogens (tertiary/aromatic N) is 1. The molecule has 7 nitrogen and oxygen atoms in total. The first kappa shape index (κ1) is 21.6. The fourth-order valence-corrected chi connectivity index (χ4v) is 3.56. The van der Waals surface area contributed by atoms with Gasteiger partial charge in [0.2, 0.25) is 5.91 Å². The minimum Gasteiger partial charge on any atom is -0.508 e. The summed E-state index contributed by atoms with van der Waals surface area (Å²) in [4.78, 5) is 26.3. The van der Waals surface area contributed by atoms with Gasteiger partial charge in [0.1, 0.15) is 11.5 Å². The standard InChI is InChI=1S/C23H29N3O4/c27-21-11-5-4-9-19(21)15-26(16-20-10-6-14-30-20)17-22(28)25-23(29)24-13-12-18-7-2-1-3-8-18/h4-7,9-11,14,27H,1-3,8,12-13,15-17H2,(H2,24,25,28,29). The molecule has 160 valence electrons. The predicted octanol–water partition coefficient (Wildman–Crippen LogP) is 3.70. The molecule has 3 amide bonds. The van der Waals surface area contributed by atoms with Crippen LogP contribution in [0.4, 0.5) is 4.79 Å². The van der Waals surface area contributed by atoms with Crippen LogP contribution in [-0.4, -0.2) is 35.0 Å². The third-order valence-corrected chi connectivity index (χ3v) is 5.08. The number of benzene rings is 1. The Hall–Kier alpha value is -3.06. The van der Waals surface area contributed by atoms with E-state index >= 15 is 0 Å². The molecular weight excluding hydrogens is 382 g/mol. The molecule has 0 unspecified atom stereocenters. The normalized spacial score (nSPS) is 13.7. The summed E-state index contributed by atoms with van der Waals surface area (Å²) in [7, 11) is 0. The molecule has 1 aliphatic rings. The Morgan fingerprint density at radius 1 is 1.10 bits per heavy atom. The Bertz CT molecular complexity index is 861. The average Bonchev–Trinajstić information content (AvgIpc) is 3.23. The highest BCUT2D eigenvalue weighted by molar-refractivity contribution is 5.95. The summed E-state index contributed by atoms with van der Waals surface area (Å²) in [5.41, 5.74) is 2.07. The first-order chi connectivity index (χ1) is 14.6. The minimum absolute atomic E-state index is 0.00634. The molecule has 2 aromatic rings. The van der Waals surface area contributed by atoms with Crippen LogP contribution >= 0.6 is 0 Å². The van der Waals surface area contributed by atoms with Crippen LogP contribution in [0.2, 0.25) is 0 Å². The molecule has 1 aliphatic carbocycles. The van der Waals surface area contributed by atoms with Crippen molar-refractivity contribution in [1.82, 2.24) is 15.5 Å². The number of hydrogen-bond acceptors (Lipinski definition) is 5. The van der Waals surface area contributed by atoms with Gasteiger partial charge in [-0.05, 0) is 50.3 Å². The molecule has 0 bridgehead atoms. The lowest BCUT2D eigenvalue weighted by molar-refractivity contribution is -0.121. The van der Waals surface area contributed by atoms with Crippen LogP contribution in [0.1, 0.15) is 43.4 Å². The molecule has 0 fully saturated rings. The Morgan fingerprint density at radius 2 is 1.97 bits per heavy atom. The van der Waals surface area contributed by atoms with Gasteiger partial charge in [0.15, 0.2) is 0 Å². The van der Waals surface area contributed by atoms with Crippen molar-refractivity contribution in [3.05, 3.63) is 65.6 Å². The number of nitrogens with one attached hydrogen (secondary N) is 2. The van der Waals surface area contributed by atoms with Gasteiger partial charge in [-0.2, -0.15) is 0 Å². The van der Waals surface area contributed by atoms with Crippen LogP contribution in [0.25, 0.3) is 0 Å². The van der Waals surface area contributed by atoms with Gasteiger partial charge in [0.05, 0.1) is 19.4 Å². The van der Waals surface area contributed by atoms with Crippen molar-refractivity contribution < 1.29 is 19.1 Å². The molecule has 0 saturated carbocycles. The first-order valence-corrected chi connectivity index (χ1v) is 10.4. The maximum Gasteiger partial charge on any atom is 0.321 e. The van der Waals surface area contributed by atoms with E-state index in [0.717, 1.165) is 19.3 Å². The highest BCUT2D eigenvalue weighted by Gasteiger charge is 2.17. The van der Waals surface area contributed by atoms with E-state index in [2.05, 4.69) is 16.7 Å². The zero-order chi connectivity index (χ0) is 21.2. The lowest BCUT2D eigenvalue weighted by atomic mass is 9.97. The van der Waals surface area contributed by atoms with Crippen LogP contribution < -0.4 is 10.6 Å². The molecule has 0 atom stereocenters. The van der Waals surface area contributed by atoms with Crippen molar-refractivity contribution in [3.63, 3.8) is 0 Å². The smallest absolute Gasteiger partial charge is 0.321 e. The summed E-state index contributed by atoms with van der Waals surface area (Å²) in [6.07, 6.45) is 9.29. The van der Waals surface area contributed by atoms with E-state index in [1.807, 2.05) is 17.0 Å². The third kappa shape index (κ3) is 7.08. The Kier molecular flexibility index (Phi) is 8.09. The predicted molar refractivity (Wildman–Crippen MR) is 114 cm³/mol. The number of furan rings is 1. The number of hydrogen-bond donors (Lipinski definition) is 3. The third-order valence-electron chi connectivity index (χ3n) is 5.08. The van der Waals surface area contributed by atoms with Crippen LogP contribution in [0.5, 0.6) is 5.75 Å². The SMILES string of the molecule is O=C(CN(Cc1ccco1)Cc1ccccc1O)NC(=O)NCCC1=CCCCC1. The van der Waals surface area contributed by atoms with Crippen molar-refractivity contribution in [1.29, 1.82) is 0 Å². The number of amides is 3. The van der Waals surface area contributed by atoms with E-state index in [4.69, 9.17) is 4.42 Å². The van der Waals surface area contributed by atoms with Crippen LogP contribution in [-0.2, 0) is 17.9 Å². The number of phenols is 1. The molecule has 1 heterocycles. The number of rotatable bonds is 9. The maximum absolute atomic E-state index is 12.4. The highest BCUT2D eigenvalue weighted by Crippen LogP contribution is 2.20. The van der Waals surface area contributed by atoms with Crippen LogP contribution in [0.3, 0.4) is 0 Å². The molecule has 7 heteroatoms. The van der Waals surface area contributed by atoms with E-state index < -0.39 is 11.9 Å². The van der Waals surface area contributed by atoms with E-state index in [-0.39, 0.29) is 12.3 Å². The summed E-state index contributed by atoms with van der Waals surface area (Å²) in [6.45, 7) is 1.23. The average molecular weight is 412 g/mol. The number of carbonyl (C=O) groups is 2. The van der Waals surface area contributed by atoms with Crippen molar-refractivity contribution in [2.24, 2.45) is 0 Å². The van der Waals surface area contributed by atoms with Crippen molar-refractivity contribution in [2.75, 3.05) is 13.1 Å². The van der Waals surface area contributed by atoms with Gasteiger partial charge in [0, 0.05) is 18.7 Å². The minimum atomic E-state index is -0.489. The number of para-hydroxylation sites is 1. The van der Waals surface area contributed by atoms with E-state index in [1.54, 1.807) is 30.5 Å². The number of phenolic OH excluding ortho intramolecular Hbond substituents is 1. The molecule has 3 N–H and O–H groups in total. The zero-order valence-electron chi connectivity index (χ0n) is 17.1. The topological polar surface area (TPSA) is 94.8 Å². The molecule has 1 aromatic carbocycles. The van der Waals surface area contributed by atoms with Gasteiger partial charge in [-0.3, -0.25) is 15.0 Å². The summed E-state index contributed by atoms with van der Waals surface area (Å²) in [5, 5.41) is 15.2. The molecule has 1 aromatic heterocycles. The molecule has 0 radical (unpaired) electrons. The largest absolute Gasteiger partial charge is 0.508 e. The van der Waals surface area contributed by atoms with E-state index in [1.165, 1.54) is 18.4 Å². The highest BCUT2D eigenvalue weighted by atomic mass is 16.3. The second-order valence-electron chi connectivity index (χ2n) is 7.52. The number of aromatic hydroxyl groups is 1. The second kappa shape index (κ2) is 11.2. The monoisotopic (exact) mass is 411 g/mol. The molecule has 0 aliphatic heterocycles. The van der Waals surface area contributed by atoms with Gasteiger partial charge in [-0.15, -0.1) is 0 Å². The first-order valence-electron chi connectivity index (χ1n) is 10.4. The van der Waals surface area contributed by atoms with Gasteiger partial charge >= 0.3 is 6.03 Å². The quantitative estimate of drug-likeness (QED) is 0.547. The van der Waals surface area contributed by atoms with Crippen molar-refractivity contribution in [2.45, 2.75) is 45.2 Å². The summed E-state index contributed by atoms with van der Waals surface area (Å²) >= 11 is 0. The maximum atomic E-state index is 12.4. The molecule has 30 heavy (non-hydrogen) atoms. The van der Waals surface area contributed by atoms with Crippen LogP contribution in [0, 0.1) is 0 Å². The van der Waals surface area contributed by atoms with E-state index in [0.29, 0.717) is 31.0 Å². The molecule has 0 saturated heterocycles. The molecule has 0 spiro atoms. The Morgan fingerprint density at radius 3 is 2.70 bits per heavy atom. The number of imide groups is 1.